The molecule has 2 saturated carbocycles. The quantitative estimate of drug-likeness (QED) is 0.468. The highest BCUT2D eigenvalue weighted by Gasteiger charge is 2.32. The molecular weight excluding hydrogens is 345 g/mol. The van der Waals surface area contributed by atoms with Crippen LogP contribution in [0, 0.1) is 17.8 Å². The highest BCUT2D eigenvalue weighted by atomic mass is 19.4. The van der Waals surface area contributed by atoms with E-state index in [0.717, 1.165) is 36.2 Å². The van der Waals surface area contributed by atoms with Crippen LogP contribution in [0.1, 0.15) is 75.3 Å². The third kappa shape index (κ3) is 5.49. The average molecular weight is 377 g/mol. The first-order valence-corrected chi connectivity index (χ1v) is 10.4. The Morgan fingerprint density at radius 1 is 0.778 bits per heavy atom. The van der Waals surface area contributed by atoms with Crippen molar-refractivity contribution < 1.29 is 13.2 Å². The van der Waals surface area contributed by atoms with Crippen LogP contribution in [-0.2, 0) is 6.18 Å². The van der Waals surface area contributed by atoms with E-state index in [4.69, 9.17) is 0 Å². The minimum atomic E-state index is -4.24. The molecule has 0 spiro atoms. The van der Waals surface area contributed by atoms with Gasteiger partial charge in [0.25, 0.3) is 0 Å². The number of alkyl halides is 3. The molecule has 27 heavy (non-hydrogen) atoms. The fourth-order valence-corrected chi connectivity index (χ4v) is 5.01. The van der Waals surface area contributed by atoms with Gasteiger partial charge in [0, 0.05) is 0 Å². The summed E-state index contributed by atoms with van der Waals surface area (Å²) >= 11 is 0. The van der Waals surface area contributed by atoms with Crippen LogP contribution < -0.4 is 0 Å². The predicted molar refractivity (Wildman–Crippen MR) is 106 cm³/mol. The van der Waals surface area contributed by atoms with Crippen LogP contribution in [0.2, 0.25) is 0 Å². The lowest BCUT2D eigenvalue weighted by Gasteiger charge is -2.37. The summed E-state index contributed by atoms with van der Waals surface area (Å²) in [7, 11) is 0. The van der Waals surface area contributed by atoms with Gasteiger partial charge in [0.05, 0.1) is 5.56 Å². The molecule has 0 nitrogen and oxygen atoms in total. The minimum Gasteiger partial charge on any atom is -0.166 e. The number of hydrogen-bond acceptors (Lipinski definition) is 0. The molecule has 0 radical (unpaired) electrons. The second kappa shape index (κ2) is 9.12. The summed E-state index contributed by atoms with van der Waals surface area (Å²) in [6.07, 6.45) is 14.5. The van der Waals surface area contributed by atoms with Gasteiger partial charge in [-0.2, -0.15) is 13.2 Å². The van der Waals surface area contributed by atoms with Crippen LogP contribution in [0.15, 0.2) is 48.6 Å². The van der Waals surface area contributed by atoms with Gasteiger partial charge in [-0.1, -0.05) is 36.4 Å². The Hall–Kier alpha value is -1.51. The third-order valence-corrected chi connectivity index (χ3v) is 6.65. The monoisotopic (exact) mass is 376 g/mol. The molecule has 3 rings (SSSR count). The maximum Gasteiger partial charge on any atom is 0.416 e. The van der Waals surface area contributed by atoms with Crippen molar-refractivity contribution in [3.63, 3.8) is 0 Å². The Morgan fingerprint density at radius 3 is 1.85 bits per heavy atom. The zero-order chi connectivity index (χ0) is 19.3. The van der Waals surface area contributed by atoms with Crippen molar-refractivity contribution in [1.29, 1.82) is 0 Å². The van der Waals surface area contributed by atoms with Gasteiger partial charge >= 0.3 is 6.18 Å². The first kappa shape index (κ1) is 20.2. The Balaban J connectivity index is 1.47. The van der Waals surface area contributed by atoms with Gasteiger partial charge in [0.2, 0.25) is 0 Å². The van der Waals surface area contributed by atoms with E-state index in [0.29, 0.717) is 5.92 Å². The van der Waals surface area contributed by atoms with Crippen LogP contribution in [-0.4, -0.2) is 0 Å². The minimum absolute atomic E-state index is 0.434. The van der Waals surface area contributed by atoms with E-state index in [9.17, 15) is 13.2 Å². The molecule has 0 amide bonds. The third-order valence-electron chi connectivity index (χ3n) is 6.65. The van der Waals surface area contributed by atoms with E-state index in [1.165, 1.54) is 50.7 Å². The second-order valence-corrected chi connectivity index (χ2v) is 8.32. The normalized spacial score (nSPS) is 30.2. The predicted octanol–water partition coefficient (Wildman–Crippen LogP) is 7.92. The van der Waals surface area contributed by atoms with Gasteiger partial charge in [-0.15, -0.1) is 0 Å². The Labute approximate surface area is 161 Å². The van der Waals surface area contributed by atoms with E-state index in [1.54, 1.807) is 12.1 Å². The molecule has 3 heteroatoms. The number of benzene rings is 1. The van der Waals surface area contributed by atoms with Crippen molar-refractivity contribution >= 4 is 0 Å². The molecule has 0 bridgehead atoms. The van der Waals surface area contributed by atoms with Gasteiger partial charge in [-0.05, 0) is 99.7 Å². The first-order chi connectivity index (χ1) is 13.0. The number of hydrogen-bond donors (Lipinski definition) is 0. The standard InChI is InChI=1S/C24H31F3/c1-2-3-4-5-18-6-8-19(9-7-18)20-10-12-21(13-11-20)22-14-16-23(17-15-22)24(25,26)27/h2-5,14-21H,6-13H2,1H3/b3-2+,5-4+. The van der Waals surface area contributed by atoms with Crippen molar-refractivity contribution in [2.45, 2.75) is 70.4 Å². The average Bonchev–Trinajstić information content (AvgIpc) is 2.68. The Morgan fingerprint density at radius 2 is 1.33 bits per heavy atom. The van der Waals surface area contributed by atoms with Crippen LogP contribution >= 0.6 is 0 Å². The summed E-state index contributed by atoms with van der Waals surface area (Å²) in [5.41, 5.74) is 0.541. The van der Waals surface area contributed by atoms with Gasteiger partial charge in [-0.3, -0.25) is 0 Å². The van der Waals surface area contributed by atoms with Gasteiger partial charge in [0.1, 0.15) is 0 Å². The molecule has 0 aromatic heterocycles. The number of halogens is 3. The molecule has 2 aliphatic rings. The van der Waals surface area contributed by atoms with Crippen molar-refractivity contribution in [1.82, 2.24) is 0 Å². The molecule has 2 aliphatic carbocycles. The molecule has 148 valence electrons. The van der Waals surface area contributed by atoms with Crippen molar-refractivity contribution in [2.24, 2.45) is 17.8 Å². The zero-order valence-electron chi connectivity index (χ0n) is 16.2. The molecule has 0 N–H and O–H groups in total. The highest BCUT2D eigenvalue weighted by Crippen LogP contribution is 2.44. The maximum absolute atomic E-state index is 12.7. The zero-order valence-corrected chi connectivity index (χ0v) is 16.2. The summed E-state index contributed by atoms with van der Waals surface area (Å²) in [4.78, 5) is 0. The Kier molecular flexibility index (Phi) is 6.83. The summed E-state index contributed by atoms with van der Waals surface area (Å²) < 4.78 is 38.2. The lowest BCUT2D eigenvalue weighted by molar-refractivity contribution is -0.137. The summed E-state index contributed by atoms with van der Waals surface area (Å²) in [5, 5.41) is 0. The van der Waals surface area contributed by atoms with Gasteiger partial charge in [0.15, 0.2) is 0 Å². The molecule has 0 saturated heterocycles. The second-order valence-electron chi connectivity index (χ2n) is 8.32. The lowest BCUT2D eigenvalue weighted by Crippen LogP contribution is -2.25. The van der Waals surface area contributed by atoms with Crippen LogP contribution in [0.5, 0.6) is 0 Å². The molecule has 0 aliphatic heterocycles. The van der Waals surface area contributed by atoms with Crippen LogP contribution in [0.4, 0.5) is 13.2 Å². The molecule has 1 aromatic rings. The van der Waals surface area contributed by atoms with Crippen molar-refractivity contribution in [2.75, 3.05) is 0 Å². The topological polar surface area (TPSA) is 0 Å². The molecule has 0 heterocycles. The van der Waals surface area contributed by atoms with E-state index in [1.807, 2.05) is 6.92 Å². The molecule has 1 aromatic carbocycles. The summed E-state index contributed by atoms with van der Waals surface area (Å²) in [6, 6.07) is 5.86. The largest absolute Gasteiger partial charge is 0.416 e. The molecule has 0 atom stereocenters. The maximum atomic E-state index is 12.7. The van der Waals surface area contributed by atoms with Gasteiger partial charge in [-0.25, -0.2) is 0 Å². The van der Waals surface area contributed by atoms with Crippen molar-refractivity contribution in [3.8, 4) is 0 Å². The molecule has 2 fully saturated rings. The number of allylic oxidation sites excluding steroid dienone is 4. The van der Waals surface area contributed by atoms with Crippen LogP contribution in [0.25, 0.3) is 0 Å². The highest BCUT2D eigenvalue weighted by molar-refractivity contribution is 5.27. The smallest absolute Gasteiger partial charge is 0.166 e. The first-order valence-electron chi connectivity index (χ1n) is 10.4. The fraction of sp³-hybridized carbons (Fsp3) is 0.583. The Bertz CT molecular complexity index is 623. The van der Waals surface area contributed by atoms with E-state index >= 15 is 0 Å². The summed E-state index contributed by atoms with van der Waals surface area (Å²) in [5.74, 6) is 2.84. The molecular formula is C24H31F3. The SMILES string of the molecule is C/C=C/C=C/C1CCC(C2CCC(c3ccc(C(F)(F)F)cc3)CC2)CC1. The van der Waals surface area contributed by atoms with E-state index in [2.05, 4.69) is 24.3 Å². The molecule has 0 unspecified atom stereocenters. The van der Waals surface area contributed by atoms with Crippen molar-refractivity contribution in [3.05, 3.63) is 59.7 Å². The number of rotatable bonds is 4. The van der Waals surface area contributed by atoms with Gasteiger partial charge < -0.3 is 0 Å². The summed E-state index contributed by atoms with van der Waals surface area (Å²) in [6.45, 7) is 2.04. The van der Waals surface area contributed by atoms with Crippen LogP contribution in [0.3, 0.4) is 0 Å². The fourth-order valence-electron chi connectivity index (χ4n) is 5.01. The van der Waals surface area contributed by atoms with E-state index in [-0.39, 0.29) is 0 Å². The lowest BCUT2D eigenvalue weighted by atomic mass is 9.68. The van der Waals surface area contributed by atoms with E-state index < -0.39 is 11.7 Å².